The largest absolute Gasteiger partial charge is 0.299 e. The Balaban J connectivity index is 2.05. The summed E-state index contributed by atoms with van der Waals surface area (Å²) in [7, 11) is 0. The Morgan fingerprint density at radius 3 is 2.17 bits per heavy atom. The molecule has 0 bridgehead atoms. The third-order valence-electron chi connectivity index (χ3n) is 4.19. The molecule has 4 heteroatoms. The van der Waals surface area contributed by atoms with Crippen LogP contribution >= 0.6 is 0 Å². The highest BCUT2D eigenvalue weighted by Crippen LogP contribution is 2.27. The fourth-order valence-electron chi connectivity index (χ4n) is 2.78. The zero-order valence-electron chi connectivity index (χ0n) is 13.2. The Labute approximate surface area is 136 Å². The maximum absolute atomic E-state index is 12.5. The van der Waals surface area contributed by atoms with E-state index in [1.165, 1.54) is 0 Å². The lowest BCUT2D eigenvalue weighted by molar-refractivity contribution is -0.484. The molecule has 2 aromatic rings. The van der Waals surface area contributed by atoms with Crippen LogP contribution < -0.4 is 0 Å². The molecule has 0 spiro atoms. The minimum atomic E-state index is -0.380. The van der Waals surface area contributed by atoms with Crippen LogP contribution in [-0.2, 0) is 11.2 Å². The number of nitrogens with zero attached hydrogens (tertiary/aromatic N) is 1. The van der Waals surface area contributed by atoms with Gasteiger partial charge in [-0.2, -0.15) is 0 Å². The Morgan fingerprint density at radius 2 is 1.61 bits per heavy atom. The third-order valence-corrected chi connectivity index (χ3v) is 4.19. The summed E-state index contributed by atoms with van der Waals surface area (Å²) in [5, 5.41) is 11.0. The van der Waals surface area contributed by atoms with E-state index in [-0.39, 0.29) is 29.1 Å². The van der Waals surface area contributed by atoms with Crippen molar-refractivity contribution in [3.8, 4) is 0 Å². The second-order valence-corrected chi connectivity index (χ2v) is 5.77. The van der Waals surface area contributed by atoms with Gasteiger partial charge in [0.1, 0.15) is 5.78 Å². The van der Waals surface area contributed by atoms with E-state index in [2.05, 4.69) is 0 Å². The Bertz CT molecular complexity index is 640. The van der Waals surface area contributed by atoms with E-state index in [0.29, 0.717) is 12.8 Å². The normalized spacial score (nSPS) is 13.3. The van der Waals surface area contributed by atoms with Gasteiger partial charge in [-0.1, -0.05) is 67.6 Å². The first kappa shape index (κ1) is 16.9. The maximum atomic E-state index is 12.5. The van der Waals surface area contributed by atoms with Crippen LogP contribution in [-0.4, -0.2) is 17.3 Å². The van der Waals surface area contributed by atoms with Crippen LogP contribution in [0.3, 0.4) is 0 Å². The summed E-state index contributed by atoms with van der Waals surface area (Å²) in [6.45, 7) is 1.58. The van der Waals surface area contributed by atoms with Crippen molar-refractivity contribution in [2.45, 2.75) is 25.7 Å². The average molecular weight is 311 g/mol. The molecule has 2 rings (SSSR count). The molecule has 0 heterocycles. The smallest absolute Gasteiger partial charge is 0.211 e. The molecule has 2 aromatic carbocycles. The van der Waals surface area contributed by atoms with E-state index in [1.54, 1.807) is 6.92 Å². The molecule has 0 N–H and O–H groups in total. The average Bonchev–Trinajstić information content (AvgIpc) is 2.58. The van der Waals surface area contributed by atoms with E-state index < -0.39 is 0 Å². The molecule has 0 unspecified atom stereocenters. The predicted molar refractivity (Wildman–Crippen MR) is 90.0 cm³/mol. The molecule has 0 radical (unpaired) electrons. The van der Waals surface area contributed by atoms with Crippen LogP contribution in [0.4, 0.5) is 0 Å². The van der Waals surface area contributed by atoms with Gasteiger partial charge in [0, 0.05) is 17.3 Å². The standard InChI is InChI=1S/C19H21NO3/c1-15(19(21)13-12-16-8-4-2-5-9-16)18(14-20(22)23)17-10-6-3-7-11-17/h2-11,15,18H,12-14H2,1H3/t15-,18+/m1/s1. The van der Waals surface area contributed by atoms with Gasteiger partial charge in [-0.3, -0.25) is 14.9 Å². The van der Waals surface area contributed by atoms with Gasteiger partial charge in [0.2, 0.25) is 6.54 Å². The van der Waals surface area contributed by atoms with Crippen molar-refractivity contribution in [3.63, 3.8) is 0 Å². The highest BCUT2D eigenvalue weighted by Gasteiger charge is 2.29. The molecule has 120 valence electrons. The number of nitro groups is 1. The molecule has 2 atom stereocenters. The number of aryl methyl sites for hydroxylation is 1. The fraction of sp³-hybridized carbons (Fsp3) is 0.316. The summed E-state index contributed by atoms with van der Waals surface area (Å²) in [6.07, 6.45) is 1.08. The van der Waals surface area contributed by atoms with E-state index >= 15 is 0 Å². The molecule has 23 heavy (non-hydrogen) atoms. The van der Waals surface area contributed by atoms with Crippen LogP contribution in [0.15, 0.2) is 60.7 Å². The topological polar surface area (TPSA) is 60.2 Å². The maximum Gasteiger partial charge on any atom is 0.211 e. The van der Waals surface area contributed by atoms with Crippen molar-refractivity contribution in [3.05, 3.63) is 81.9 Å². The first-order valence-corrected chi connectivity index (χ1v) is 7.81. The summed E-state index contributed by atoms with van der Waals surface area (Å²) in [5.41, 5.74) is 1.96. The number of carbonyl (C=O) groups excluding carboxylic acids is 1. The van der Waals surface area contributed by atoms with Crippen molar-refractivity contribution < 1.29 is 9.72 Å². The second-order valence-electron chi connectivity index (χ2n) is 5.77. The minimum Gasteiger partial charge on any atom is -0.299 e. The third kappa shape index (κ3) is 5.02. The van der Waals surface area contributed by atoms with Gasteiger partial charge in [-0.15, -0.1) is 0 Å². The van der Waals surface area contributed by atoms with Gasteiger partial charge < -0.3 is 0 Å². The lowest BCUT2D eigenvalue weighted by Gasteiger charge is -2.20. The van der Waals surface area contributed by atoms with Gasteiger partial charge in [0.05, 0.1) is 5.92 Å². The second kappa shape index (κ2) is 8.22. The summed E-state index contributed by atoms with van der Waals surface area (Å²) in [6, 6.07) is 19.1. The molecule has 0 aliphatic rings. The molecule has 0 aromatic heterocycles. The van der Waals surface area contributed by atoms with Gasteiger partial charge in [0.25, 0.3) is 0 Å². The first-order valence-electron chi connectivity index (χ1n) is 7.81. The van der Waals surface area contributed by atoms with Crippen LogP contribution in [0.25, 0.3) is 0 Å². The quantitative estimate of drug-likeness (QED) is 0.549. The number of carbonyl (C=O) groups is 1. The van der Waals surface area contributed by atoms with Gasteiger partial charge in [-0.05, 0) is 17.5 Å². The molecular formula is C19H21NO3. The molecule has 4 nitrogen and oxygen atoms in total. The lowest BCUT2D eigenvalue weighted by atomic mass is 9.83. The van der Waals surface area contributed by atoms with Crippen molar-refractivity contribution >= 4 is 5.78 Å². The molecular weight excluding hydrogens is 290 g/mol. The van der Waals surface area contributed by atoms with Crippen molar-refractivity contribution in [2.75, 3.05) is 6.54 Å². The van der Waals surface area contributed by atoms with Crippen molar-refractivity contribution in [1.82, 2.24) is 0 Å². The fourth-order valence-corrected chi connectivity index (χ4v) is 2.78. The summed E-state index contributed by atoms with van der Waals surface area (Å²) in [5.74, 6) is -0.675. The van der Waals surface area contributed by atoms with E-state index in [0.717, 1.165) is 11.1 Å². The zero-order valence-corrected chi connectivity index (χ0v) is 13.2. The number of rotatable bonds is 8. The van der Waals surface area contributed by atoms with Crippen LogP contribution in [0, 0.1) is 16.0 Å². The summed E-state index contributed by atoms with van der Waals surface area (Å²) < 4.78 is 0. The highest BCUT2D eigenvalue weighted by molar-refractivity contribution is 5.81. The Kier molecular flexibility index (Phi) is 6.03. The molecule has 0 fully saturated rings. The van der Waals surface area contributed by atoms with Crippen molar-refractivity contribution in [2.24, 2.45) is 5.92 Å². The predicted octanol–water partition coefficient (Wildman–Crippen LogP) is 3.88. The Morgan fingerprint density at radius 1 is 1.04 bits per heavy atom. The SMILES string of the molecule is C[C@@H](C(=O)CCc1ccccc1)[C@H](C[N+](=O)[O-])c1ccccc1. The van der Waals surface area contributed by atoms with Crippen molar-refractivity contribution in [1.29, 1.82) is 0 Å². The highest BCUT2D eigenvalue weighted by atomic mass is 16.6. The van der Waals surface area contributed by atoms with Crippen LogP contribution in [0.2, 0.25) is 0 Å². The number of Topliss-reactive ketones (excluding diaryl/α,β-unsaturated/α-hetero) is 1. The van der Waals surface area contributed by atoms with E-state index in [1.807, 2.05) is 60.7 Å². The minimum absolute atomic E-state index is 0.0737. The number of hydrogen-bond donors (Lipinski definition) is 0. The number of benzene rings is 2. The summed E-state index contributed by atoms with van der Waals surface area (Å²) >= 11 is 0. The van der Waals surface area contributed by atoms with Gasteiger partial charge >= 0.3 is 0 Å². The molecule has 0 saturated heterocycles. The number of ketones is 1. The summed E-state index contributed by atoms with van der Waals surface area (Å²) in [4.78, 5) is 23.1. The molecule has 0 amide bonds. The van der Waals surface area contributed by atoms with Gasteiger partial charge in [0.15, 0.2) is 0 Å². The molecule has 0 aliphatic carbocycles. The van der Waals surface area contributed by atoms with Crippen LogP contribution in [0.5, 0.6) is 0 Å². The molecule has 0 aliphatic heterocycles. The molecule has 0 saturated carbocycles. The monoisotopic (exact) mass is 311 g/mol. The Hall–Kier alpha value is -2.49. The van der Waals surface area contributed by atoms with Gasteiger partial charge in [-0.25, -0.2) is 0 Å². The van der Waals surface area contributed by atoms with Crippen LogP contribution in [0.1, 0.15) is 30.4 Å². The number of hydrogen-bond acceptors (Lipinski definition) is 3. The first-order chi connectivity index (χ1) is 11.1. The van der Waals surface area contributed by atoms with E-state index in [9.17, 15) is 14.9 Å². The lowest BCUT2D eigenvalue weighted by Crippen LogP contribution is -2.25. The zero-order chi connectivity index (χ0) is 16.7. The van der Waals surface area contributed by atoms with E-state index in [4.69, 9.17) is 0 Å².